The van der Waals surface area contributed by atoms with Crippen molar-refractivity contribution in [3.05, 3.63) is 70.9 Å². The number of anilines is 1. The largest absolute Gasteiger partial charge is 0.382 e. The molecule has 1 heterocycles. The third kappa shape index (κ3) is 3.88. The second kappa shape index (κ2) is 7.49. The van der Waals surface area contributed by atoms with Gasteiger partial charge in [0.25, 0.3) is 0 Å². The summed E-state index contributed by atoms with van der Waals surface area (Å²) < 4.78 is 1.77. The van der Waals surface area contributed by atoms with E-state index in [4.69, 9.17) is 17.3 Å². The Labute approximate surface area is 152 Å². The minimum Gasteiger partial charge on any atom is -0.382 e. The lowest BCUT2D eigenvalue weighted by atomic mass is 10.1. The molecule has 25 heavy (non-hydrogen) atoms. The summed E-state index contributed by atoms with van der Waals surface area (Å²) in [5, 5.41) is 13.8. The summed E-state index contributed by atoms with van der Waals surface area (Å²) in [6.07, 6.45) is 0. The number of nitrogens with two attached hydrogens (primary N) is 1. The molecular weight excluding hydrogens is 334 g/mol. The van der Waals surface area contributed by atoms with Crippen molar-refractivity contribution in [3.8, 4) is 0 Å². The second-order valence-electron chi connectivity index (χ2n) is 6.07. The van der Waals surface area contributed by atoms with Crippen molar-refractivity contribution >= 4 is 28.8 Å². The summed E-state index contributed by atoms with van der Waals surface area (Å²) in [6.45, 7) is 4.71. The first-order valence-corrected chi connectivity index (χ1v) is 8.50. The number of nitrogen functional groups attached to an aromatic ring is 1. The Balaban J connectivity index is 1.96. The summed E-state index contributed by atoms with van der Waals surface area (Å²) >= 11 is 6.14. The van der Waals surface area contributed by atoms with Crippen LogP contribution in [0, 0.1) is 0 Å². The van der Waals surface area contributed by atoms with E-state index in [1.807, 2.05) is 48.5 Å². The van der Waals surface area contributed by atoms with Gasteiger partial charge in [0, 0.05) is 0 Å². The van der Waals surface area contributed by atoms with Gasteiger partial charge >= 0.3 is 0 Å². The lowest BCUT2D eigenvalue weighted by Crippen LogP contribution is -2.06. The molecule has 0 radical (unpaired) electrons. The molecule has 1 aromatic heterocycles. The van der Waals surface area contributed by atoms with Crippen LogP contribution in [0.1, 0.15) is 31.0 Å². The molecule has 0 aliphatic carbocycles. The zero-order valence-corrected chi connectivity index (χ0v) is 15.0. The van der Waals surface area contributed by atoms with Crippen LogP contribution in [0.15, 0.2) is 64.8 Å². The Kier molecular flexibility index (Phi) is 5.14. The zero-order chi connectivity index (χ0) is 17.8. The molecule has 0 spiro atoms. The molecule has 3 aromatic rings. The van der Waals surface area contributed by atoms with Gasteiger partial charge in [-0.1, -0.05) is 67.9 Å². The van der Waals surface area contributed by atoms with Gasteiger partial charge in [-0.3, -0.25) is 0 Å². The molecule has 2 N–H and O–H groups in total. The van der Waals surface area contributed by atoms with E-state index < -0.39 is 0 Å². The average molecular weight is 354 g/mol. The quantitative estimate of drug-likeness (QED) is 0.597. The maximum atomic E-state index is 6.31. The molecule has 6 heteroatoms. The van der Waals surface area contributed by atoms with Gasteiger partial charge in [0.15, 0.2) is 5.69 Å². The van der Waals surface area contributed by atoms with E-state index in [0.717, 1.165) is 11.3 Å². The van der Waals surface area contributed by atoms with E-state index in [2.05, 4.69) is 29.2 Å². The number of hydrogen-bond donors (Lipinski definition) is 1. The van der Waals surface area contributed by atoms with Crippen molar-refractivity contribution in [1.82, 2.24) is 9.78 Å². The molecule has 0 aliphatic heterocycles. The molecule has 0 saturated heterocycles. The fourth-order valence-electron chi connectivity index (χ4n) is 2.49. The normalized spacial score (nSPS) is 11.5. The molecule has 0 atom stereocenters. The number of nitrogens with zero attached hydrogens (tertiary/aromatic N) is 4. The molecule has 0 amide bonds. The standard InChI is InChI=1S/C19H20ClN5/c1-13(2)17-18(23-22-16-11-7-6-10-15(16)20)19(21)25(24-17)12-14-8-4-3-5-9-14/h3-11,13H,12,21H2,1-2H3. The highest BCUT2D eigenvalue weighted by atomic mass is 35.5. The first-order valence-electron chi connectivity index (χ1n) is 8.12. The fourth-order valence-corrected chi connectivity index (χ4v) is 2.66. The Morgan fingerprint density at radius 3 is 2.40 bits per heavy atom. The summed E-state index contributed by atoms with van der Waals surface area (Å²) in [5.41, 5.74) is 9.46. The Bertz CT molecular complexity index is 884. The van der Waals surface area contributed by atoms with Crippen molar-refractivity contribution in [1.29, 1.82) is 0 Å². The Morgan fingerprint density at radius 2 is 1.72 bits per heavy atom. The van der Waals surface area contributed by atoms with Crippen LogP contribution >= 0.6 is 11.6 Å². The number of rotatable bonds is 5. The molecule has 3 rings (SSSR count). The van der Waals surface area contributed by atoms with Crippen molar-refractivity contribution in [2.24, 2.45) is 10.2 Å². The minimum absolute atomic E-state index is 0.180. The predicted molar refractivity (Wildman–Crippen MR) is 102 cm³/mol. The average Bonchev–Trinajstić information content (AvgIpc) is 2.91. The van der Waals surface area contributed by atoms with Crippen LogP contribution in [0.4, 0.5) is 17.2 Å². The summed E-state index contributed by atoms with van der Waals surface area (Å²) in [7, 11) is 0. The molecule has 0 fully saturated rings. The predicted octanol–water partition coefficient (Wildman–Crippen LogP) is 5.71. The van der Waals surface area contributed by atoms with E-state index in [1.165, 1.54) is 0 Å². The maximum Gasteiger partial charge on any atom is 0.151 e. The van der Waals surface area contributed by atoms with E-state index in [-0.39, 0.29) is 5.92 Å². The minimum atomic E-state index is 0.180. The molecule has 0 bridgehead atoms. The molecule has 5 nitrogen and oxygen atoms in total. The van der Waals surface area contributed by atoms with Crippen molar-refractivity contribution in [3.63, 3.8) is 0 Å². The number of benzene rings is 2. The lowest BCUT2D eigenvalue weighted by molar-refractivity contribution is 0.664. The number of azo groups is 1. The van der Waals surface area contributed by atoms with Gasteiger partial charge < -0.3 is 5.73 Å². The summed E-state index contributed by atoms with van der Waals surface area (Å²) in [5.74, 6) is 0.683. The second-order valence-corrected chi connectivity index (χ2v) is 6.48. The first-order chi connectivity index (χ1) is 12.1. The monoisotopic (exact) mass is 353 g/mol. The fraction of sp³-hybridized carbons (Fsp3) is 0.211. The van der Waals surface area contributed by atoms with Crippen LogP contribution in [0.5, 0.6) is 0 Å². The van der Waals surface area contributed by atoms with E-state index in [0.29, 0.717) is 28.8 Å². The third-order valence-corrected chi connectivity index (χ3v) is 4.14. The zero-order valence-electron chi connectivity index (χ0n) is 14.2. The van der Waals surface area contributed by atoms with Crippen molar-refractivity contribution in [2.45, 2.75) is 26.3 Å². The summed E-state index contributed by atoms with van der Waals surface area (Å²) in [4.78, 5) is 0. The van der Waals surface area contributed by atoms with Crippen molar-refractivity contribution < 1.29 is 0 Å². The van der Waals surface area contributed by atoms with Gasteiger partial charge in [-0.2, -0.15) is 5.10 Å². The molecule has 0 aliphatic rings. The van der Waals surface area contributed by atoms with Gasteiger partial charge in [-0.05, 0) is 23.6 Å². The van der Waals surface area contributed by atoms with Gasteiger partial charge in [0.05, 0.1) is 17.3 Å². The maximum absolute atomic E-state index is 6.31. The van der Waals surface area contributed by atoms with Gasteiger partial charge in [0.2, 0.25) is 0 Å². The first kappa shape index (κ1) is 17.2. The van der Waals surface area contributed by atoms with Crippen molar-refractivity contribution in [2.75, 3.05) is 5.73 Å². The lowest BCUT2D eigenvalue weighted by Gasteiger charge is -2.03. The molecular formula is C19H20ClN5. The Morgan fingerprint density at radius 1 is 1.04 bits per heavy atom. The molecule has 0 saturated carbocycles. The number of hydrogen-bond acceptors (Lipinski definition) is 4. The molecule has 128 valence electrons. The summed E-state index contributed by atoms with van der Waals surface area (Å²) in [6, 6.07) is 17.4. The number of halogens is 1. The van der Waals surface area contributed by atoms with Gasteiger partial charge in [0.1, 0.15) is 11.5 Å². The number of aromatic nitrogens is 2. The highest BCUT2D eigenvalue weighted by molar-refractivity contribution is 6.32. The topological polar surface area (TPSA) is 68.6 Å². The van der Waals surface area contributed by atoms with E-state index >= 15 is 0 Å². The van der Waals surface area contributed by atoms with Gasteiger partial charge in [-0.25, -0.2) is 4.68 Å². The highest BCUT2D eigenvalue weighted by Crippen LogP contribution is 2.34. The van der Waals surface area contributed by atoms with Crippen LogP contribution in [0.2, 0.25) is 5.02 Å². The van der Waals surface area contributed by atoms with Crippen LogP contribution in [0.3, 0.4) is 0 Å². The Hall–Kier alpha value is -2.66. The molecule has 2 aromatic carbocycles. The van der Waals surface area contributed by atoms with Gasteiger partial charge in [-0.15, -0.1) is 10.2 Å². The van der Waals surface area contributed by atoms with Crippen LogP contribution < -0.4 is 5.73 Å². The van der Waals surface area contributed by atoms with Crippen LogP contribution in [0.25, 0.3) is 0 Å². The third-order valence-electron chi connectivity index (χ3n) is 3.82. The highest BCUT2D eigenvalue weighted by Gasteiger charge is 2.18. The SMILES string of the molecule is CC(C)c1nn(Cc2ccccc2)c(N)c1N=Nc1ccccc1Cl. The van der Waals surface area contributed by atoms with E-state index in [1.54, 1.807) is 10.7 Å². The smallest absolute Gasteiger partial charge is 0.151 e. The van der Waals surface area contributed by atoms with Crippen LogP contribution in [-0.4, -0.2) is 9.78 Å². The van der Waals surface area contributed by atoms with E-state index in [9.17, 15) is 0 Å². The molecule has 0 unspecified atom stereocenters. The van der Waals surface area contributed by atoms with Crippen LogP contribution in [-0.2, 0) is 6.54 Å².